The fourth-order valence-electron chi connectivity index (χ4n) is 3.28. The van der Waals surface area contributed by atoms with E-state index in [-0.39, 0.29) is 12.7 Å². The highest BCUT2D eigenvalue weighted by Gasteiger charge is 2.25. The van der Waals surface area contributed by atoms with E-state index in [0.29, 0.717) is 44.0 Å². The van der Waals surface area contributed by atoms with E-state index in [2.05, 4.69) is 9.97 Å². The molecule has 0 amide bonds. The monoisotopic (exact) mass is 322 g/mol. The van der Waals surface area contributed by atoms with E-state index in [9.17, 15) is 5.11 Å². The third-order valence-electron chi connectivity index (χ3n) is 4.65. The molecule has 1 aromatic heterocycles. The summed E-state index contributed by atoms with van der Waals surface area (Å²) < 4.78 is 16.8. The Morgan fingerprint density at radius 3 is 2.78 bits per heavy atom. The summed E-state index contributed by atoms with van der Waals surface area (Å²) in [4.78, 5) is 8.82. The Hall–Kier alpha value is -1.08. The van der Waals surface area contributed by atoms with E-state index >= 15 is 0 Å². The number of aliphatic hydroxyl groups is 1. The standard InChI is InChI=1S/C17H26N2O4/c20-9-15-5-6-18-17(19-15)14-3-1-13(2-4-14)10-22-12-16-11-21-7-8-23-16/h5-6,13-14,16,20H,1-4,7-12H2/t13?,14?,16-/m0/s1. The summed E-state index contributed by atoms with van der Waals surface area (Å²) >= 11 is 0. The van der Waals surface area contributed by atoms with Gasteiger partial charge in [0, 0.05) is 18.7 Å². The smallest absolute Gasteiger partial charge is 0.131 e. The number of hydrogen-bond acceptors (Lipinski definition) is 6. The van der Waals surface area contributed by atoms with Crippen molar-refractivity contribution in [3.63, 3.8) is 0 Å². The molecule has 0 radical (unpaired) electrons. The lowest BCUT2D eigenvalue weighted by Crippen LogP contribution is -2.33. The fourth-order valence-corrected chi connectivity index (χ4v) is 3.28. The van der Waals surface area contributed by atoms with Gasteiger partial charge in [0.25, 0.3) is 0 Å². The minimum Gasteiger partial charge on any atom is -0.390 e. The fraction of sp³-hybridized carbons (Fsp3) is 0.765. The average Bonchev–Trinajstić information content (AvgIpc) is 2.63. The van der Waals surface area contributed by atoms with Gasteiger partial charge in [-0.15, -0.1) is 0 Å². The molecule has 0 unspecified atom stereocenters. The minimum absolute atomic E-state index is 0.0222. The molecule has 0 bridgehead atoms. The summed E-state index contributed by atoms with van der Waals surface area (Å²) in [5, 5.41) is 9.18. The van der Waals surface area contributed by atoms with E-state index < -0.39 is 0 Å². The molecule has 1 atom stereocenters. The zero-order chi connectivity index (χ0) is 15.9. The second kappa shape index (κ2) is 8.68. The minimum atomic E-state index is -0.0222. The van der Waals surface area contributed by atoms with E-state index in [4.69, 9.17) is 14.2 Å². The number of rotatable bonds is 6. The van der Waals surface area contributed by atoms with E-state index in [1.54, 1.807) is 12.3 Å². The van der Waals surface area contributed by atoms with Crippen molar-refractivity contribution >= 4 is 0 Å². The molecule has 1 aliphatic heterocycles. The first-order valence-corrected chi connectivity index (χ1v) is 8.55. The van der Waals surface area contributed by atoms with E-state index in [0.717, 1.165) is 38.1 Å². The first-order chi connectivity index (χ1) is 11.3. The van der Waals surface area contributed by atoms with Gasteiger partial charge in [-0.05, 0) is 37.7 Å². The molecule has 1 N–H and O–H groups in total. The molecule has 0 spiro atoms. The third-order valence-corrected chi connectivity index (χ3v) is 4.65. The Labute approximate surface area is 137 Å². The van der Waals surface area contributed by atoms with Crippen LogP contribution in [-0.2, 0) is 20.8 Å². The van der Waals surface area contributed by atoms with Crippen molar-refractivity contribution in [1.82, 2.24) is 9.97 Å². The summed E-state index contributed by atoms with van der Waals surface area (Å²) in [6.07, 6.45) is 6.29. The highest BCUT2D eigenvalue weighted by Crippen LogP contribution is 2.34. The van der Waals surface area contributed by atoms with Crippen molar-refractivity contribution < 1.29 is 19.3 Å². The van der Waals surface area contributed by atoms with Crippen LogP contribution in [0, 0.1) is 5.92 Å². The maximum absolute atomic E-state index is 9.18. The SMILES string of the molecule is OCc1ccnc(C2CCC(COC[C@@H]3COCCO3)CC2)n1. The molecule has 2 fully saturated rings. The Bertz CT molecular complexity index is 471. The van der Waals surface area contributed by atoms with Crippen molar-refractivity contribution in [2.75, 3.05) is 33.0 Å². The van der Waals surface area contributed by atoms with Crippen molar-refractivity contribution in [1.29, 1.82) is 0 Å². The molecule has 2 heterocycles. The molecule has 6 nitrogen and oxygen atoms in total. The van der Waals surface area contributed by atoms with Gasteiger partial charge >= 0.3 is 0 Å². The van der Waals surface area contributed by atoms with Gasteiger partial charge in [0.05, 0.1) is 38.7 Å². The van der Waals surface area contributed by atoms with Gasteiger partial charge in [0.1, 0.15) is 11.9 Å². The highest BCUT2D eigenvalue weighted by molar-refractivity contribution is 5.05. The Kier molecular flexibility index (Phi) is 6.33. The van der Waals surface area contributed by atoms with Crippen molar-refractivity contribution in [3.05, 3.63) is 23.8 Å². The maximum atomic E-state index is 9.18. The zero-order valence-electron chi connectivity index (χ0n) is 13.5. The Morgan fingerprint density at radius 2 is 2.04 bits per heavy atom. The molecule has 1 aliphatic carbocycles. The van der Waals surface area contributed by atoms with Gasteiger partial charge in [-0.25, -0.2) is 9.97 Å². The summed E-state index contributed by atoms with van der Waals surface area (Å²) in [6, 6.07) is 1.76. The first kappa shape index (κ1) is 16.8. The summed E-state index contributed by atoms with van der Waals surface area (Å²) in [7, 11) is 0. The third kappa shape index (κ3) is 4.94. The lowest BCUT2D eigenvalue weighted by molar-refractivity contribution is -0.118. The molecule has 6 heteroatoms. The molecular formula is C17H26N2O4. The van der Waals surface area contributed by atoms with Gasteiger partial charge in [-0.2, -0.15) is 0 Å². The van der Waals surface area contributed by atoms with Gasteiger partial charge in [-0.3, -0.25) is 0 Å². The Balaban J connectivity index is 1.38. The second-order valence-corrected chi connectivity index (χ2v) is 6.39. The van der Waals surface area contributed by atoms with Crippen LogP contribution >= 0.6 is 0 Å². The zero-order valence-corrected chi connectivity index (χ0v) is 13.5. The van der Waals surface area contributed by atoms with Gasteiger partial charge in [-0.1, -0.05) is 0 Å². The van der Waals surface area contributed by atoms with Gasteiger partial charge in [0.15, 0.2) is 0 Å². The molecule has 2 aliphatic rings. The summed E-state index contributed by atoms with van der Waals surface area (Å²) in [5.41, 5.74) is 0.704. The van der Waals surface area contributed by atoms with E-state index in [1.807, 2.05) is 0 Å². The maximum Gasteiger partial charge on any atom is 0.131 e. The predicted molar refractivity (Wildman–Crippen MR) is 84.0 cm³/mol. The largest absolute Gasteiger partial charge is 0.390 e. The van der Waals surface area contributed by atoms with Crippen LogP contribution in [-0.4, -0.2) is 54.2 Å². The second-order valence-electron chi connectivity index (χ2n) is 6.39. The normalized spacial score (nSPS) is 28.7. The molecule has 128 valence electrons. The number of aliphatic hydroxyl groups excluding tert-OH is 1. The van der Waals surface area contributed by atoms with Crippen LogP contribution in [0.3, 0.4) is 0 Å². The summed E-state index contributed by atoms with van der Waals surface area (Å²) in [5.74, 6) is 1.90. The topological polar surface area (TPSA) is 73.7 Å². The lowest BCUT2D eigenvalue weighted by atomic mass is 9.82. The van der Waals surface area contributed by atoms with Crippen LogP contribution in [0.4, 0.5) is 0 Å². The number of nitrogens with zero attached hydrogens (tertiary/aromatic N) is 2. The van der Waals surface area contributed by atoms with E-state index in [1.165, 1.54) is 0 Å². The summed E-state index contributed by atoms with van der Waals surface area (Å²) in [6.45, 7) is 3.41. The molecule has 1 saturated carbocycles. The molecule has 1 saturated heterocycles. The van der Waals surface area contributed by atoms with Crippen LogP contribution in [0.25, 0.3) is 0 Å². The number of hydrogen-bond donors (Lipinski definition) is 1. The predicted octanol–water partition coefficient (Wildman–Crippen LogP) is 1.67. The van der Waals surface area contributed by atoms with Crippen LogP contribution in [0.15, 0.2) is 12.3 Å². The van der Waals surface area contributed by atoms with Crippen molar-refractivity contribution in [2.24, 2.45) is 5.92 Å². The van der Waals surface area contributed by atoms with Gasteiger partial charge in [0.2, 0.25) is 0 Å². The molecule has 0 aromatic carbocycles. The van der Waals surface area contributed by atoms with Crippen LogP contribution < -0.4 is 0 Å². The van der Waals surface area contributed by atoms with Crippen LogP contribution in [0.1, 0.15) is 43.1 Å². The average molecular weight is 322 g/mol. The highest BCUT2D eigenvalue weighted by atomic mass is 16.6. The molecule has 23 heavy (non-hydrogen) atoms. The van der Waals surface area contributed by atoms with Gasteiger partial charge < -0.3 is 19.3 Å². The Morgan fingerprint density at radius 1 is 1.17 bits per heavy atom. The molecular weight excluding hydrogens is 296 g/mol. The first-order valence-electron chi connectivity index (χ1n) is 8.55. The quantitative estimate of drug-likeness (QED) is 0.859. The van der Waals surface area contributed by atoms with Crippen LogP contribution in [0.2, 0.25) is 0 Å². The van der Waals surface area contributed by atoms with Crippen molar-refractivity contribution in [3.8, 4) is 0 Å². The number of aromatic nitrogens is 2. The van der Waals surface area contributed by atoms with Crippen LogP contribution in [0.5, 0.6) is 0 Å². The molecule has 1 aromatic rings. The molecule has 3 rings (SSSR count). The van der Waals surface area contributed by atoms with Crippen molar-refractivity contribution in [2.45, 2.75) is 44.3 Å². The number of ether oxygens (including phenoxy) is 3. The lowest BCUT2D eigenvalue weighted by Gasteiger charge is -2.28.